The number of hydrogen-bond acceptors (Lipinski definition) is 5. The Balaban J connectivity index is 1.87. The zero-order chi connectivity index (χ0) is 11.0. The molecule has 0 aliphatic heterocycles. The standard InChI is InChI=1S/C9H13N7/c10-9-12-8(15-16-9)7-11-6(13-14-7)5-3-1-2-4-5/h5H,1-4H2,(H,11,13,14)(H3,10,12,15,16). The van der Waals surface area contributed by atoms with Crippen LogP contribution in [-0.2, 0) is 0 Å². The number of hydrogen-bond donors (Lipinski definition) is 3. The van der Waals surface area contributed by atoms with Gasteiger partial charge in [0.1, 0.15) is 5.82 Å². The summed E-state index contributed by atoms with van der Waals surface area (Å²) in [6.07, 6.45) is 4.92. The predicted octanol–water partition coefficient (Wildman–Crippen LogP) is 0.830. The first-order valence-electron chi connectivity index (χ1n) is 5.43. The van der Waals surface area contributed by atoms with Crippen LogP contribution in [0.5, 0.6) is 0 Å². The number of rotatable bonds is 2. The topological polar surface area (TPSA) is 109 Å². The van der Waals surface area contributed by atoms with Gasteiger partial charge in [-0.1, -0.05) is 12.8 Å². The fraction of sp³-hybridized carbons (Fsp3) is 0.556. The Bertz CT molecular complexity index is 480. The highest BCUT2D eigenvalue weighted by Crippen LogP contribution is 2.32. The van der Waals surface area contributed by atoms with Crippen molar-refractivity contribution in [3.05, 3.63) is 5.82 Å². The van der Waals surface area contributed by atoms with Crippen LogP contribution in [0.25, 0.3) is 11.6 Å². The first-order chi connectivity index (χ1) is 7.83. The van der Waals surface area contributed by atoms with E-state index in [1.54, 1.807) is 0 Å². The lowest BCUT2D eigenvalue weighted by atomic mass is 10.1. The van der Waals surface area contributed by atoms with Gasteiger partial charge >= 0.3 is 0 Å². The molecule has 1 saturated carbocycles. The Morgan fingerprint density at radius 1 is 1.06 bits per heavy atom. The highest BCUT2D eigenvalue weighted by Gasteiger charge is 2.21. The van der Waals surface area contributed by atoms with Gasteiger partial charge in [0.05, 0.1) is 0 Å². The van der Waals surface area contributed by atoms with Gasteiger partial charge < -0.3 is 5.73 Å². The minimum Gasteiger partial charge on any atom is -0.366 e. The molecule has 4 N–H and O–H groups in total. The molecular weight excluding hydrogens is 206 g/mol. The normalized spacial score (nSPS) is 17.0. The molecule has 0 bridgehead atoms. The predicted molar refractivity (Wildman–Crippen MR) is 57.4 cm³/mol. The number of nitrogens with zero attached hydrogens (tertiary/aromatic N) is 4. The molecule has 84 valence electrons. The third-order valence-electron chi connectivity index (χ3n) is 2.96. The van der Waals surface area contributed by atoms with Gasteiger partial charge in [-0.2, -0.15) is 4.98 Å². The second-order valence-corrected chi connectivity index (χ2v) is 4.07. The van der Waals surface area contributed by atoms with Crippen LogP contribution in [0.3, 0.4) is 0 Å². The van der Waals surface area contributed by atoms with Crippen LogP contribution >= 0.6 is 0 Å². The minimum atomic E-state index is 0.210. The van der Waals surface area contributed by atoms with Gasteiger partial charge in [0.2, 0.25) is 11.8 Å². The average Bonchev–Trinajstić information content (AvgIpc) is 2.97. The van der Waals surface area contributed by atoms with E-state index in [-0.39, 0.29) is 5.95 Å². The summed E-state index contributed by atoms with van der Waals surface area (Å²) in [6.45, 7) is 0. The van der Waals surface area contributed by atoms with Gasteiger partial charge in [-0.25, -0.2) is 4.98 Å². The van der Waals surface area contributed by atoms with Crippen molar-refractivity contribution in [2.24, 2.45) is 0 Å². The smallest absolute Gasteiger partial charge is 0.239 e. The maximum Gasteiger partial charge on any atom is 0.239 e. The Labute approximate surface area is 91.9 Å². The molecule has 0 aromatic carbocycles. The number of aromatic nitrogens is 6. The summed E-state index contributed by atoms with van der Waals surface area (Å²) in [5.41, 5.74) is 5.43. The molecule has 2 aromatic heterocycles. The monoisotopic (exact) mass is 219 g/mol. The van der Waals surface area contributed by atoms with Crippen molar-refractivity contribution in [2.75, 3.05) is 5.73 Å². The largest absolute Gasteiger partial charge is 0.366 e. The molecule has 0 unspecified atom stereocenters. The molecule has 0 saturated heterocycles. The van der Waals surface area contributed by atoms with Crippen LogP contribution < -0.4 is 5.73 Å². The molecule has 3 rings (SSSR count). The van der Waals surface area contributed by atoms with Crippen LogP contribution in [0.1, 0.15) is 37.4 Å². The fourth-order valence-corrected chi connectivity index (χ4v) is 2.14. The van der Waals surface area contributed by atoms with Crippen molar-refractivity contribution in [3.63, 3.8) is 0 Å². The maximum absolute atomic E-state index is 5.43. The summed E-state index contributed by atoms with van der Waals surface area (Å²) in [4.78, 5) is 8.41. The SMILES string of the molecule is Nc1n[nH]c(-c2n[nH]c(C3CCCC3)n2)n1. The molecule has 2 aromatic rings. The van der Waals surface area contributed by atoms with Gasteiger partial charge in [-0.05, 0) is 12.8 Å². The Hall–Kier alpha value is -1.92. The summed E-state index contributed by atoms with van der Waals surface area (Å²) in [5, 5.41) is 13.5. The van der Waals surface area contributed by atoms with Crippen molar-refractivity contribution in [1.82, 2.24) is 30.4 Å². The zero-order valence-electron chi connectivity index (χ0n) is 8.77. The molecule has 0 spiro atoms. The molecule has 0 atom stereocenters. The van der Waals surface area contributed by atoms with Crippen molar-refractivity contribution < 1.29 is 0 Å². The summed E-state index contributed by atoms with van der Waals surface area (Å²) in [5.74, 6) is 2.72. The Morgan fingerprint density at radius 3 is 2.56 bits per heavy atom. The molecule has 16 heavy (non-hydrogen) atoms. The maximum atomic E-state index is 5.43. The van der Waals surface area contributed by atoms with Crippen molar-refractivity contribution in [2.45, 2.75) is 31.6 Å². The van der Waals surface area contributed by atoms with Crippen LogP contribution in [-0.4, -0.2) is 30.4 Å². The van der Waals surface area contributed by atoms with E-state index in [4.69, 9.17) is 5.73 Å². The lowest BCUT2D eigenvalue weighted by molar-refractivity contribution is 0.672. The van der Waals surface area contributed by atoms with E-state index in [2.05, 4.69) is 30.4 Å². The third-order valence-corrected chi connectivity index (χ3v) is 2.96. The molecule has 0 radical (unpaired) electrons. The third kappa shape index (κ3) is 1.54. The van der Waals surface area contributed by atoms with E-state index in [9.17, 15) is 0 Å². The van der Waals surface area contributed by atoms with Gasteiger partial charge in [-0.3, -0.25) is 10.2 Å². The highest BCUT2D eigenvalue weighted by molar-refractivity contribution is 5.43. The number of H-pyrrole nitrogens is 2. The number of nitrogen functional groups attached to an aromatic ring is 1. The first kappa shape index (κ1) is 9.32. The molecule has 1 fully saturated rings. The molecule has 7 nitrogen and oxygen atoms in total. The van der Waals surface area contributed by atoms with Crippen molar-refractivity contribution in [1.29, 1.82) is 0 Å². The van der Waals surface area contributed by atoms with E-state index in [0.29, 0.717) is 17.6 Å². The molecule has 2 heterocycles. The Morgan fingerprint density at radius 2 is 1.88 bits per heavy atom. The lowest BCUT2D eigenvalue weighted by Crippen LogP contribution is -1.94. The number of aromatic amines is 2. The summed E-state index contributed by atoms with van der Waals surface area (Å²) < 4.78 is 0. The minimum absolute atomic E-state index is 0.210. The van der Waals surface area contributed by atoms with Crippen molar-refractivity contribution >= 4 is 5.95 Å². The van der Waals surface area contributed by atoms with E-state index >= 15 is 0 Å². The second-order valence-electron chi connectivity index (χ2n) is 4.07. The van der Waals surface area contributed by atoms with Crippen LogP contribution in [0.4, 0.5) is 5.95 Å². The number of nitrogens with two attached hydrogens (primary N) is 1. The number of anilines is 1. The van der Waals surface area contributed by atoms with E-state index in [1.165, 1.54) is 25.7 Å². The first-order valence-corrected chi connectivity index (χ1v) is 5.43. The zero-order valence-corrected chi connectivity index (χ0v) is 8.77. The quantitative estimate of drug-likeness (QED) is 0.693. The summed E-state index contributed by atoms with van der Waals surface area (Å²) in [7, 11) is 0. The van der Waals surface area contributed by atoms with Gasteiger partial charge in [0.25, 0.3) is 0 Å². The number of nitrogens with one attached hydrogen (secondary N) is 2. The van der Waals surface area contributed by atoms with Crippen LogP contribution in [0.2, 0.25) is 0 Å². The molecule has 1 aliphatic carbocycles. The highest BCUT2D eigenvalue weighted by atomic mass is 15.3. The lowest BCUT2D eigenvalue weighted by Gasteiger charge is -2.01. The van der Waals surface area contributed by atoms with Crippen molar-refractivity contribution in [3.8, 4) is 11.6 Å². The molecule has 1 aliphatic rings. The van der Waals surface area contributed by atoms with E-state index in [0.717, 1.165) is 5.82 Å². The van der Waals surface area contributed by atoms with Gasteiger partial charge in [0.15, 0.2) is 5.82 Å². The Kier molecular flexibility index (Phi) is 2.09. The van der Waals surface area contributed by atoms with E-state index < -0.39 is 0 Å². The van der Waals surface area contributed by atoms with Gasteiger partial charge in [-0.15, -0.1) is 10.2 Å². The fourth-order valence-electron chi connectivity index (χ4n) is 2.14. The van der Waals surface area contributed by atoms with Gasteiger partial charge in [0, 0.05) is 5.92 Å². The van der Waals surface area contributed by atoms with E-state index in [1.807, 2.05) is 0 Å². The summed E-state index contributed by atoms with van der Waals surface area (Å²) in [6, 6.07) is 0. The second kappa shape index (κ2) is 3.58. The molecule has 0 amide bonds. The average molecular weight is 219 g/mol. The molecule has 7 heteroatoms. The van der Waals surface area contributed by atoms with Crippen LogP contribution in [0.15, 0.2) is 0 Å². The summed E-state index contributed by atoms with van der Waals surface area (Å²) >= 11 is 0. The molecular formula is C9H13N7. The van der Waals surface area contributed by atoms with Crippen LogP contribution in [0, 0.1) is 0 Å².